The maximum atomic E-state index is 5.65. The second-order valence-electron chi connectivity index (χ2n) is 4.26. The van der Waals surface area contributed by atoms with Gasteiger partial charge in [0.05, 0.1) is 19.0 Å². The summed E-state index contributed by atoms with van der Waals surface area (Å²) in [4.78, 5) is 5.43. The van der Waals surface area contributed by atoms with Crippen molar-refractivity contribution in [2.24, 2.45) is 5.73 Å². The van der Waals surface area contributed by atoms with Crippen LogP contribution < -0.4 is 10.5 Å². The normalized spacial score (nSPS) is 11.1. The topological polar surface area (TPSA) is 52.5 Å². The van der Waals surface area contributed by atoms with Crippen LogP contribution in [0.5, 0.6) is 5.75 Å². The molecular weight excluding hydrogens is 258 g/mol. The summed E-state index contributed by atoms with van der Waals surface area (Å²) in [6, 6.07) is 8.07. The molecule has 0 spiro atoms. The van der Waals surface area contributed by atoms with Gasteiger partial charge < -0.3 is 10.5 Å². The van der Waals surface area contributed by atoms with E-state index in [0.717, 1.165) is 34.1 Å². The Labute approximate surface area is 115 Å². The number of fused-ring (bicyclic) bond motifs is 1. The van der Waals surface area contributed by atoms with Crippen molar-refractivity contribution in [3.05, 3.63) is 41.5 Å². The van der Waals surface area contributed by atoms with E-state index in [9.17, 15) is 0 Å². The van der Waals surface area contributed by atoms with Gasteiger partial charge in [-0.25, -0.2) is 4.98 Å². The predicted octanol–water partition coefficient (Wildman–Crippen LogP) is 2.57. The number of hydrogen-bond donors (Lipinski definition) is 1. The molecule has 0 atom stereocenters. The molecule has 2 N–H and O–H groups in total. The van der Waals surface area contributed by atoms with Gasteiger partial charge in [0.15, 0.2) is 4.96 Å². The van der Waals surface area contributed by atoms with Crippen LogP contribution in [0.25, 0.3) is 16.2 Å². The van der Waals surface area contributed by atoms with Gasteiger partial charge in [-0.2, -0.15) is 0 Å². The fraction of sp³-hybridized carbons (Fsp3) is 0.214. The van der Waals surface area contributed by atoms with Crippen molar-refractivity contribution in [3.8, 4) is 17.0 Å². The third-order valence-corrected chi connectivity index (χ3v) is 3.95. The second-order valence-corrected chi connectivity index (χ2v) is 5.09. The van der Waals surface area contributed by atoms with Gasteiger partial charge >= 0.3 is 0 Å². The Morgan fingerprint density at radius 2 is 2.11 bits per heavy atom. The van der Waals surface area contributed by atoms with E-state index in [1.807, 2.05) is 18.3 Å². The van der Waals surface area contributed by atoms with E-state index in [0.29, 0.717) is 6.54 Å². The SMILES string of the molecule is COc1ccc(-c2csc3ncc(CCN)n23)cc1. The van der Waals surface area contributed by atoms with Crippen LogP contribution in [-0.2, 0) is 6.42 Å². The highest BCUT2D eigenvalue weighted by molar-refractivity contribution is 7.15. The first-order chi connectivity index (χ1) is 9.33. The number of nitrogens with two attached hydrogens (primary N) is 1. The Bertz CT molecular complexity index is 684. The molecule has 0 saturated carbocycles. The minimum absolute atomic E-state index is 0.631. The minimum Gasteiger partial charge on any atom is -0.497 e. The summed E-state index contributed by atoms with van der Waals surface area (Å²) < 4.78 is 7.37. The summed E-state index contributed by atoms with van der Waals surface area (Å²) in [5, 5.41) is 2.13. The zero-order valence-corrected chi connectivity index (χ0v) is 11.5. The zero-order valence-electron chi connectivity index (χ0n) is 10.7. The first kappa shape index (κ1) is 12.2. The molecule has 98 valence electrons. The summed E-state index contributed by atoms with van der Waals surface area (Å²) in [7, 11) is 1.67. The molecule has 0 radical (unpaired) electrons. The molecule has 0 aliphatic rings. The number of methoxy groups -OCH3 is 1. The Morgan fingerprint density at radius 3 is 2.79 bits per heavy atom. The Balaban J connectivity index is 2.10. The molecule has 0 amide bonds. The average Bonchev–Trinajstić information content (AvgIpc) is 3.02. The maximum absolute atomic E-state index is 5.65. The number of hydrogen-bond acceptors (Lipinski definition) is 4. The van der Waals surface area contributed by atoms with Crippen LogP contribution in [0.1, 0.15) is 5.69 Å². The lowest BCUT2D eigenvalue weighted by Crippen LogP contribution is -2.05. The Morgan fingerprint density at radius 1 is 1.32 bits per heavy atom. The molecule has 0 saturated heterocycles. The monoisotopic (exact) mass is 273 g/mol. The molecule has 2 heterocycles. The lowest BCUT2D eigenvalue weighted by molar-refractivity contribution is 0.415. The van der Waals surface area contributed by atoms with Gasteiger partial charge in [-0.1, -0.05) is 0 Å². The highest BCUT2D eigenvalue weighted by Crippen LogP contribution is 2.28. The molecule has 0 aliphatic heterocycles. The van der Waals surface area contributed by atoms with E-state index in [4.69, 9.17) is 10.5 Å². The number of thiazole rings is 1. The first-order valence-corrected chi connectivity index (χ1v) is 6.99. The molecule has 3 rings (SSSR count). The molecule has 0 bridgehead atoms. The maximum Gasteiger partial charge on any atom is 0.194 e. The number of rotatable bonds is 4. The van der Waals surface area contributed by atoms with Crippen molar-refractivity contribution < 1.29 is 4.74 Å². The molecule has 0 aliphatic carbocycles. The standard InChI is InChI=1S/C14H15N3OS/c1-18-12-4-2-10(3-5-12)13-9-19-14-16-8-11(6-7-15)17(13)14/h2-5,8-9H,6-7,15H2,1H3. The smallest absolute Gasteiger partial charge is 0.194 e. The fourth-order valence-electron chi connectivity index (χ4n) is 2.15. The molecule has 0 unspecified atom stereocenters. The molecule has 2 aromatic heterocycles. The zero-order chi connectivity index (χ0) is 13.2. The summed E-state index contributed by atoms with van der Waals surface area (Å²) in [5.41, 5.74) is 9.12. The first-order valence-electron chi connectivity index (χ1n) is 6.12. The van der Waals surface area contributed by atoms with E-state index in [2.05, 4.69) is 26.9 Å². The van der Waals surface area contributed by atoms with Crippen molar-refractivity contribution in [1.29, 1.82) is 0 Å². The van der Waals surface area contributed by atoms with Gasteiger partial charge in [0.1, 0.15) is 5.75 Å². The third kappa shape index (κ3) is 2.11. The number of aromatic nitrogens is 2. The van der Waals surface area contributed by atoms with Crippen molar-refractivity contribution in [3.63, 3.8) is 0 Å². The summed E-state index contributed by atoms with van der Waals surface area (Å²) in [6.07, 6.45) is 2.74. The minimum atomic E-state index is 0.631. The van der Waals surface area contributed by atoms with Gasteiger partial charge in [0, 0.05) is 17.5 Å². The highest BCUT2D eigenvalue weighted by atomic mass is 32.1. The van der Waals surface area contributed by atoms with Crippen molar-refractivity contribution >= 4 is 16.3 Å². The Kier molecular flexibility index (Phi) is 3.23. The van der Waals surface area contributed by atoms with Gasteiger partial charge in [0.25, 0.3) is 0 Å². The second kappa shape index (κ2) is 5.03. The molecule has 0 fully saturated rings. The molecule has 4 nitrogen and oxygen atoms in total. The van der Waals surface area contributed by atoms with E-state index < -0.39 is 0 Å². The van der Waals surface area contributed by atoms with Crippen LogP contribution in [0.3, 0.4) is 0 Å². The van der Waals surface area contributed by atoms with E-state index in [1.54, 1.807) is 18.4 Å². The highest BCUT2D eigenvalue weighted by Gasteiger charge is 2.11. The van der Waals surface area contributed by atoms with E-state index in [1.165, 1.54) is 0 Å². The van der Waals surface area contributed by atoms with Crippen LogP contribution in [0.15, 0.2) is 35.8 Å². The fourth-order valence-corrected chi connectivity index (χ4v) is 3.05. The lowest BCUT2D eigenvalue weighted by atomic mass is 10.1. The quantitative estimate of drug-likeness (QED) is 0.795. The molecule has 19 heavy (non-hydrogen) atoms. The number of ether oxygens (including phenoxy) is 1. The summed E-state index contributed by atoms with van der Waals surface area (Å²) >= 11 is 1.65. The number of imidazole rings is 1. The van der Waals surface area contributed by atoms with Crippen LogP contribution in [-0.4, -0.2) is 23.0 Å². The van der Waals surface area contributed by atoms with Crippen molar-refractivity contribution in [2.75, 3.05) is 13.7 Å². The van der Waals surface area contributed by atoms with Gasteiger partial charge in [-0.05, 0) is 36.4 Å². The van der Waals surface area contributed by atoms with Gasteiger partial charge in [0.2, 0.25) is 0 Å². The molecule has 3 aromatic rings. The van der Waals surface area contributed by atoms with Crippen LogP contribution in [0.2, 0.25) is 0 Å². The molecule has 5 heteroatoms. The van der Waals surface area contributed by atoms with E-state index in [-0.39, 0.29) is 0 Å². The van der Waals surface area contributed by atoms with Crippen LogP contribution in [0, 0.1) is 0 Å². The average molecular weight is 273 g/mol. The summed E-state index contributed by atoms with van der Waals surface area (Å²) in [5.74, 6) is 0.864. The van der Waals surface area contributed by atoms with Gasteiger partial charge in [-0.15, -0.1) is 11.3 Å². The van der Waals surface area contributed by atoms with Crippen LogP contribution in [0.4, 0.5) is 0 Å². The number of benzene rings is 1. The molecular formula is C14H15N3OS. The van der Waals surface area contributed by atoms with Crippen molar-refractivity contribution in [1.82, 2.24) is 9.38 Å². The Hall–Kier alpha value is -1.85. The summed E-state index contributed by atoms with van der Waals surface area (Å²) in [6.45, 7) is 0.631. The molecule has 1 aromatic carbocycles. The van der Waals surface area contributed by atoms with Gasteiger partial charge in [-0.3, -0.25) is 4.40 Å². The largest absolute Gasteiger partial charge is 0.497 e. The number of nitrogens with zero attached hydrogens (tertiary/aromatic N) is 2. The third-order valence-electron chi connectivity index (χ3n) is 3.11. The predicted molar refractivity (Wildman–Crippen MR) is 77.8 cm³/mol. The lowest BCUT2D eigenvalue weighted by Gasteiger charge is -2.05. The van der Waals surface area contributed by atoms with Crippen LogP contribution >= 0.6 is 11.3 Å². The van der Waals surface area contributed by atoms with Crippen molar-refractivity contribution in [2.45, 2.75) is 6.42 Å². The van der Waals surface area contributed by atoms with E-state index >= 15 is 0 Å².